The molecule has 1 unspecified atom stereocenters. The Morgan fingerprint density at radius 3 is 2.31 bits per heavy atom. The second-order valence-electron chi connectivity index (χ2n) is 8.11. The summed E-state index contributed by atoms with van der Waals surface area (Å²) in [7, 11) is 1.66. The topological polar surface area (TPSA) is 29.5 Å². The van der Waals surface area contributed by atoms with Gasteiger partial charge in [-0.2, -0.15) is 0 Å². The van der Waals surface area contributed by atoms with Crippen molar-refractivity contribution in [1.82, 2.24) is 0 Å². The highest BCUT2D eigenvalue weighted by Gasteiger charge is 2.46. The van der Waals surface area contributed by atoms with Crippen LogP contribution in [-0.2, 0) is 5.60 Å². The van der Waals surface area contributed by atoms with Crippen LogP contribution in [0.2, 0.25) is 0 Å². The van der Waals surface area contributed by atoms with E-state index in [-0.39, 0.29) is 0 Å². The fourth-order valence-corrected chi connectivity index (χ4v) is 6.14. The minimum atomic E-state index is -1.17. The summed E-state index contributed by atoms with van der Waals surface area (Å²) in [6.45, 7) is 8.60. The first-order chi connectivity index (χ1) is 13.9. The zero-order valence-corrected chi connectivity index (χ0v) is 18.2. The number of hydrogen-bond donors (Lipinski definition) is 1. The molecule has 5 rings (SSSR count). The lowest BCUT2D eigenvalue weighted by Crippen LogP contribution is -2.26. The van der Waals surface area contributed by atoms with Gasteiger partial charge in [0.1, 0.15) is 11.4 Å². The number of rotatable bonds is 2. The molecule has 29 heavy (non-hydrogen) atoms. The van der Waals surface area contributed by atoms with Gasteiger partial charge in [0.25, 0.3) is 0 Å². The standard InChI is InChI=1S/C26H24O2S/c1-14-6-11-20-22(12-14)29-25-23-17(4)16(3)15(2)13-21(23)26(27,24(20)25)18-7-9-19(28-5)10-8-18/h6-13,27H,1-5H3. The Morgan fingerprint density at radius 1 is 0.897 bits per heavy atom. The van der Waals surface area contributed by atoms with E-state index in [0.717, 1.165) is 27.8 Å². The zero-order valence-electron chi connectivity index (χ0n) is 17.4. The molecule has 4 aromatic rings. The number of aliphatic hydroxyl groups is 1. The number of hydrogen-bond acceptors (Lipinski definition) is 3. The fraction of sp³-hybridized carbons (Fsp3) is 0.231. The zero-order chi connectivity index (χ0) is 20.5. The molecule has 0 aliphatic heterocycles. The molecule has 3 aromatic carbocycles. The first-order valence-electron chi connectivity index (χ1n) is 9.88. The van der Waals surface area contributed by atoms with Crippen LogP contribution in [0.5, 0.6) is 5.75 Å². The van der Waals surface area contributed by atoms with Crippen LogP contribution < -0.4 is 4.74 Å². The molecule has 1 aromatic heterocycles. The molecule has 0 fully saturated rings. The molecule has 0 saturated heterocycles. The number of ether oxygens (including phenoxy) is 1. The van der Waals surface area contributed by atoms with Gasteiger partial charge in [0.15, 0.2) is 0 Å². The predicted octanol–water partition coefficient (Wildman–Crippen LogP) is 6.41. The van der Waals surface area contributed by atoms with E-state index in [4.69, 9.17) is 4.74 Å². The van der Waals surface area contributed by atoms with Crippen LogP contribution in [-0.4, -0.2) is 12.2 Å². The molecule has 0 amide bonds. The van der Waals surface area contributed by atoms with E-state index in [1.807, 2.05) is 24.3 Å². The van der Waals surface area contributed by atoms with Crippen molar-refractivity contribution in [3.63, 3.8) is 0 Å². The minimum absolute atomic E-state index is 0.790. The maximum atomic E-state index is 12.4. The summed E-state index contributed by atoms with van der Waals surface area (Å²) in [6, 6.07) is 16.5. The van der Waals surface area contributed by atoms with E-state index in [2.05, 4.69) is 52.0 Å². The van der Waals surface area contributed by atoms with Gasteiger partial charge in [-0.15, -0.1) is 11.3 Å². The van der Waals surface area contributed by atoms with E-state index in [1.54, 1.807) is 18.4 Å². The van der Waals surface area contributed by atoms with Crippen LogP contribution in [0.15, 0.2) is 48.5 Å². The van der Waals surface area contributed by atoms with Crippen molar-refractivity contribution >= 4 is 21.4 Å². The van der Waals surface area contributed by atoms with Gasteiger partial charge in [0.05, 0.1) is 7.11 Å². The summed E-state index contributed by atoms with van der Waals surface area (Å²) in [5.41, 5.74) is 7.91. The largest absolute Gasteiger partial charge is 0.497 e. The second-order valence-corrected chi connectivity index (χ2v) is 9.16. The third-order valence-corrected chi connectivity index (χ3v) is 7.66. The average molecular weight is 401 g/mol. The maximum Gasteiger partial charge on any atom is 0.143 e. The highest BCUT2D eigenvalue weighted by molar-refractivity contribution is 7.22. The van der Waals surface area contributed by atoms with Crippen molar-refractivity contribution in [2.45, 2.75) is 33.3 Å². The average Bonchev–Trinajstić information content (AvgIpc) is 3.20. The van der Waals surface area contributed by atoms with Gasteiger partial charge in [-0.3, -0.25) is 0 Å². The van der Waals surface area contributed by atoms with Crippen molar-refractivity contribution in [1.29, 1.82) is 0 Å². The third-order valence-electron chi connectivity index (χ3n) is 6.49. The monoisotopic (exact) mass is 400 g/mol. The van der Waals surface area contributed by atoms with Crippen molar-refractivity contribution in [3.05, 3.63) is 87.5 Å². The lowest BCUT2D eigenvalue weighted by molar-refractivity contribution is 0.132. The Bertz CT molecular complexity index is 1280. The van der Waals surface area contributed by atoms with Gasteiger partial charge in [0, 0.05) is 26.3 Å². The predicted molar refractivity (Wildman–Crippen MR) is 121 cm³/mol. The summed E-state index contributed by atoms with van der Waals surface area (Å²) < 4.78 is 6.57. The fourth-order valence-electron chi connectivity index (χ4n) is 4.67. The Balaban J connectivity index is 1.92. The molecule has 1 heterocycles. The van der Waals surface area contributed by atoms with Gasteiger partial charge in [-0.05, 0) is 79.1 Å². The Hall–Kier alpha value is -2.62. The quantitative estimate of drug-likeness (QED) is 0.421. The smallest absolute Gasteiger partial charge is 0.143 e. The van der Waals surface area contributed by atoms with Crippen LogP contribution in [0.3, 0.4) is 0 Å². The molecule has 1 atom stereocenters. The van der Waals surface area contributed by atoms with Gasteiger partial charge in [0.2, 0.25) is 0 Å². The van der Waals surface area contributed by atoms with Crippen molar-refractivity contribution < 1.29 is 9.84 Å². The number of methoxy groups -OCH3 is 1. The Labute approximate surface area is 175 Å². The molecule has 1 aliphatic rings. The lowest BCUT2D eigenvalue weighted by Gasteiger charge is -2.28. The molecule has 146 valence electrons. The Morgan fingerprint density at radius 2 is 1.62 bits per heavy atom. The van der Waals surface area contributed by atoms with E-state index >= 15 is 0 Å². The molecule has 2 nitrogen and oxygen atoms in total. The van der Waals surface area contributed by atoms with E-state index in [0.29, 0.717) is 0 Å². The second kappa shape index (κ2) is 6.19. The van der Waals surface area contributed by atoms with Crippen LogP contribution >= 0.6 is 11.3 Å². The molecule has 0 radical (unpaired) electrons. The molecule has 1 N–H and O–H groups in total. The number of aryl methyl sites for hydroxylation is 2. The molecule has 0 bridgehead atoms. The SMILES string of the molecule is COc1ccc(C2(O)c3cc(C)c(C)c(C)c3-c3sc4cc(C)ccc4c32)cc1. The highest BCUT2D eigenvalue weighted by atomic mass is 32.1. The molecular formula is C26H24O2S. The van der Waals surface area contributed by atoms with E-state index in [1.165, 1.54) is 37.4 Å². The molecule has 3 heteroatoms. The normalized spacial score (nSPS) is 17.4. The summed E-state index contributed by atoms with van der Waals surface area (Å²) in [4.78, 5) is 1.19. The molecule has 0 spiro atoms. The van der Waals surface area contributed by atoms with Gasteiger partial charge >= 0.3 is 0 Å². The minimum Gasteiger partial charge on any atom is -0.497 e. The number of fused-ring (bicyclic) bond motifs is 5. The lowest BCUT2D eigenvalue weighted by atomic mass is 9.82. The summed E-state index contributed by atoms with van der Waals surface area (Å²) in [5, 5.41) is 13.5. The van der Waals surface area contributed by atoms with Crippen LogP contribution in [0.4, 0.5) is 0 Å². The van der Waals surface area contributed by atoms with E-state index in [9.17, 15) is 5.11 Å². The maximum absolute atomic E-state index is 12.4. The van der Waals surface area contributed by atoms with Crippen molar-refractivity contribution in [3.8, 4) is 16.2 Å². The third kappa shape index (κ3) is 2.38. The number of thiophene rings is 1. The van der Waals surface area contributed by atoms with Gasteiger partial charge < -0.3 is 9.84 Å². The van der Waals surface area contributed by atoms with E-state index < -0.39 is 5.60 Å². The molecular weight excluding hydrogens is 376 g/mol. The number of benzene rings is 3. The van der Waals surface area contributed by atoms with Crippen molar-refractivity contribution in [2.75, 3.05) is 7.11 Å². The van der Waals surface area contributed by atoms with Crippen LogP contribution in [0, 0.1) is 27.7 Å². The molecule has 1 aliphatic carbocycles. The molecule has 0 saturated carbocycles. The summed E-state index contributed by atoms with van der Waals surface area (Å²) in [5.74, 6) is 0.790. The van der Waals surface area contributed by atoms with Crippen molar-refractivity contribution in [2.24, 2.45) is 0 Å². The summed E-state index contributed by atoms with van der Waals surface area (Å²) in [6.07, 6.45) is 0. The van der Waals surface area contributed by atoms with Crippen LogP contribution in [0.25, 0.3) is 20.5 Å². The summed E-state index contributed by atoms with van der Waals surface area (Å²) >= 11 is 1.79. The van der Waals surface area contributed by atoms with Crippen LogP contribution in [0.1, 0.15) is 38.9 Å². The first-order valence-corrected chi connectivity index (χ1v) is 10.7. The van der Waals surface area contributed by atoms with Gasteiger partial charge in [-0.1, -0.05) is 30.3 Å². The highest BCUT2D eigenvalue weighted by Crippen LogP contribution is 2.58. The first kappa shape index (κ1) is 18.4. The van der Waals surface area contributed by atoms with Gasteiger partial charge in [-0.25, -0.2) is 0 Å². The Kier molecular flexibility index (Phi) is 3.93.